The van der Waals surface area contributed by atoms with Crippen LogP contribution in [0, 0.1) is 0 Å². The molecule has 148 valence electrons. The van der Waals surface area contributed by atoms with Crippen LogP contribution in [-0.2, 0) is 11.2 Å². The smallest absolute Gasteiger partial charge is 0.231 e. The first kappa shape index (κ1) is 18.5. The van der Waals surface area contributed by atoms with E-state index in [0.717, 1.165) is 42.0 Å². The molecule has 0 spiro atoms. The summed E-state index contributed by atoms with van der Waals surface area (Å²) in [6.45, 7) is 1.05. The van der Waals surface area contributed by atoms with E-state index in [1.807, 2.05) is 41.3 Å². The predicted octanol–water partition coefficient (Wildman–Crippen LogP) is 3.73. The highest BCUT2D eigenvalue weighted by Gasteiger charge is 2.30. The molecule has 0 aromatic heterocycles. The van der Waals surface area contributed by atoms with E-state index in [9.17, 15) is 4.79 Å². The fourth-order valence-corrected chi connectivity index (χ4v) is 3.96. The van der Waals surface area contributed by atoms with Gasteiger partial charge in [0.05, 0.1) is 20.3 Å². The Morgan fingerprint density at radius 3 is 2.71 bits per heavy atom. The largest absolute Gasteiger partial charge is 0.493 e. The third-order valence-corrected chi connectivity index (χ3v) is 5.43. The van der Waals surface area contributed by atoms with E-state index in [0.29, 0.717) is 24.3 Å². The third kappa shape index (κ3) is 3.59. The van der Waals surface area contributed by atoms with E-state index in [-0.39, 0.29) is 18.7 Å². The van der Waals surface area contributed by atoms with Gasteiger partial charge in [-0.15, -0.1) is 0 Å². The summed E-state index contributed by atoms with van der Waals surface area (Å²) >= 11 is 0. The minimum Gasteiger partial charge on any atom is -0.493 e. The molecule has 0 saturated carbocycles. The second-order valence-electron chi connectivity index (χ2n) is 7.05. The Labute approximate surface area is 165 Å². The monoisotopic (exact) mass is 383 g/mol. The molecule has 2 aromatic carbocycles. The predicted molar refractivity (Wildman–Crippen MR) is 104 cm³/mol. The molecule has 2 aliphatic rings. The van der Waals surface area contributed by atoms with Gasteiger partial charge in [0.1, 0.15) is 0 Å². The molecule has 6 nitrogen and oxygen atoms in total. The van der Waals surface area contributed by atoms with Crippen LogP contribution >= 0.6 is 0 Å². The molecule has 0 N–H and O–H groups in total. The van der Waals surface area contributed by atoms with Gasteiger partial charge in [0, 0.05) is 13.0 Å². The number of carbonyl (C=O) groups excluding carboxylic acids is 1. The van der Waals surface area contributed by atoms with Crippen molar-refractivity contribution in [1.82, 2.24) is 4.90 Å². The molecule has 2 heterocycles. The Morgan fingerprint density at radius 1 is 1.07 bits per heavy atom. The first-order valence-corrected chi connectivity index (χ1v) is 9.59. The summed E-state index contributed by atoms with van der Waals surface area (Å²) in [7, 11) is 3.25. The molecule has 6 heteroatoms. The van der Waals surface area contributed by atoms with Gasteiger partial charge < -0.3 is 23.8 Å². The fraction of sp³-hybridized carbons (Fsp3) is 0.409. The molecule has 1 amide bonds. The van der Waals surface area contributed by atoms with Crippen molar-refractivity contribution in [3.05, 3.63) is 47.5 Å². The first-order valence-electron chi connectivity index (χ1n) is 9.59. The molecule has 0 radical (unpaired) electrons. The number of aryl methyl sites for hydroxylation is 1. The van der Waals surface area contributed by atoms with Crippen molar-refractivity contribution < 1.29 is 23.7 Å². The Kier molecular flexibility index (Phi) is 5.28. The van der Waals surface area contributed by atoms with Crippen molar-refractivity contribution >= 4 is 5.91 Å². The standard InChI is InChI=1S/C22H25NO5/c1-25-18-9-7-16(13-20(18)26-2)17-4-3-11-23(17)22(24)10-6-15-5-8-19-21(12-15)28-14-27-19/h5,7-9,12-13,17H,3-4,6,10-11,14H2,1-2H3. The van der Waals surface area contributed by atoms with Gasteiger partial charge in [0.2, 0.25) is 12.7 Å². The number of amides is 1. The van der Waals surface area contributed by atoms with E-state index in [1.165, 1.54) is 0 Å². The van der Waals surface area contributed by atoms with Crippen LogP contribution in [0.15, 0.2) is 36.4 Å². The summed E-state index contributed by atoms with van der Waals surface area (Å²) in [6.07, 6.45) is 3.13. The maximum atomic E-state index is 12.9. The lowest BCUT2D eigenvalue weighted by Gasteiger charge is -2.26. The SMILES string of the molecule is COc1ccc(C2CCCN2C(=O)CCc2ccc3c(c2)OCO3)cc1OC. The number of methoxy groups -OCH3 is 2. The number of benzene rings is 2. The average molecular weight is 383 g/mol. The van der Waals surface area contributed by atoms with Gasteiger partial charge in [-0.05, 0) is 54.7 Å². The fourth-order valence-electron chi connectivity index (χ4n) is 3.96. The number of fused-ring (bicyclic) bond motifs is 1. The second-order valence-corrected chi connectivity index (χ2v) is 7.05. The summed E-state index contributed by atoms with van der Waals surface area (Å²) < 4.78 is 21.5. The van der Waals surface area contributed by atoms with Gasteiger partial charge in [-0.25, -0.2) is 0 Å². The number of nitrogens with zero attached hydrogens (tertiary/aromatic N) is 1. The highest BCUT2D eigenvalue weighted by molar-refractivity contribution is 5.77. The van der Waals surface area contributed by atoms with Gasteiger partial charge in [-0.3, -0.25) is 4.79 Å². The summed E-state index contributed by atoms with van der Waals surface area (Å²) in [4.78, 5) is 14.9. The summed E-state index contributed by atoms with van der Waals surface area (Å²) in [5, 5.41) is 0. The lowest BCUT2D eigenvalue weighted by molar-refractivity contribution is -0.132. The molecule has 0 aliphatic carbocycles. The Morgan fingerprint density at radius 2 is 1.89 bits per heavy atom. The van der Waals surface area contributed by atoms with Crippen LogP contribution in [-0.4, -0.2) is 38.4 Å². The Balaban J connectivity index is 1.43. The van der Waals surface area contributed by atoms with E-state index < -0.39 is 0 Å². The number of carbonyl (C=O) groups is 1. The van der Waals surface area contributed by atoms with E-state index in [2.05, 4.69) is 0 Å². The normalized spacial score (nSPS) is 17.6. The van der Waals surface area contributed by atoms with Crippen molar-refractivity contribution in [2.45, 2.75) is 31.7 Å². The molecule has 2 aromatic rings. The lowest BCUT2D eigenvalue weighted by atomic mass is 10.0. The van der Waals surface area contributed by atoms with Crippen LogP contribution in [0.25, 0.3) is 0 Å². The molecule has 0 bridgehead atoms. The number of rotatable bonds is 6. The van der Waals surface area contributed by atoms with E-state index in [4.69, 9.17) is 18.9 Å². The summed E-state index contributed by atoms with van der Waals surface area (Å²) in [6, 6.07) is 11.9. The zero-order chi connectivity index (χ0) is 19.5. The van der Waals surface area contributed by atoms with Crippen molar-refractivity contribution in [3.63, 3.8) is 0 Å². The molecule has 1 atom stereocenters. The van der Waals surface area contributed by atoms with E-state index >= 15 is 0 Å². The second kappa shape index (κ2) is 8.00. The van der Waals surface area contributed by atoms with Gasteiger partial charge in [-0.2, -0.15) is 0 Å². The minimum absolute atomic E-state index is 0.0871. The molecular weight excluding hydrogens is 358 g/mol. The van der Waals surface area contributed by atoms with Crippen LogP contribution in [0.2, 0.25) is 0 Å². The summed E-state index contributed by atoms with van der Waals surface area (Å²) in [5.41, 5.74) is 2.17. The minimum atomic E-state index is 0.0871. The first-order chi connectivity index (χ1) is 13.7. The Hall–Kier alpha value is -2.89. The molecule has 1 fully saturated rings. The third-order valence-electron chi connectivity index (χ3n) is 5.43. The van der Waals surface area contributed by atoms with Crippen molar-refractivity contribution in [1.29, 1.82) is 0 Å². The number of hydrogen-bond donors (Lipinski definition) is 0. The van der Waals surface area contributed by atoms with Crippen LogP contribution in [0.1, 0.15) is 36.4 Å². The molecule has 1 saturated heterocycles. The van der Waals surface area contributed by atoms with Gasteiger partial charge >= 0.3 is 0 Å². The van der Waals surface area contributed by atoms with Gasteiger partial charge in [0.25, 0.3) is 0 Å². The quantitative estimate of drug-likeness (QED) is 0.761. The van der Waals surface area contributed by atoms with E-state index in [1.54, 1.807) is 14.2 Å². The van der Waals surface area contributed by atoms with Crippen LogP contribution < -0.4 is 18.9 Å². The molecule has 1 unspecified atom stereocenters. The molecule has 2 aliphatic heterocycles. The highest BCUT2D eigenvalue weighted by Crippen LogP contribution is 2.37. The van der Waals surface area contributed by atoms with Crippen molar-refractivity contribution in [3.8, 4) is 23.0 Å². The summed E-state index contributed by atoms with van der Waals surface area (Å²) in [5.74, 6) is 3.09. The average Bonchev–Trinajstić information content (AvgIpc) is 3.40. The topological polar surface area (TPSA) is 57.2 Å². The van der Waals surface area contributed by atoms with Gasteiger partial charge in [-0.1, -0.05) is 12.1 Å². The van der Waals surface area contributed by atoms with Crippen molar-refractivity contribution in [2.75, 3.05) is 27.6 Å². The zero-order valence-electron chi connectivity index (χ0n) is 16.3. The van der Waals surface area contributed by atoms with Crippen molar-refractivity contribution in [2.24, 2.45) is 0 Å². The molecule has 4 rings (SSSR count). The van der Waals surface area contributed by atoms with Crippen LogP contribution in [0.3, 0.4) is 0 Å². The highest BCUT2D eigenvalue weighted by atomic mass is 16.7. The Bertz CT molecular complexity index is 866. The number of likely N-dealkylation sites (tertiary alicyclic amines) is 1. The van der Waals surface area contributed by atoms with Gasteiger partial charge in [0.15, 0.2) is 23.0 Å². The maximum Gasteiger partial charge on any atom is 0.231 e. The number of hydrogen-bond acceptors (Lipinski definition) is 5. The number of ether oxygens (including phenoxy) is 4. The molecular formula is C22H25NO5. The lowest BCUT2D eigenvalue weighted by Crippen LogP contribution is -2.30. The zero-order valence-corrected chi connectivity index (χ0v) is 16.3. The molecule has 28 heavy (non-hydrogen) atoms. The van der Waals surface area contributed by atoms with Crippen LogP contribution in [0.5, 0.6) is 23.0 Å². The van der Waals surface area contributed by atoms with Crippen LogP contribution in [0.4, 0.5) is 0 Å². The maximum absolute atomic E-state index is 12.9.